The van der Waals surface area contributed by atoms with E-state index in [1.54, 1.807) is 0 Å². The topological polar surface area (TPSA) is 40.6 Å². The zero-order valence-electron chi connectivity index (χ0n) is 13.7. The maximum absolute atomic E-state index is 6.23. The summed E-state index contributed by atoms with van der Waals surface area (Å²) in [5, 5.41) is 0.479. The lowest BCUT2D eigenvalue weighted by molar-refractivity contribution is 0.00578. The molecule has 0 amide bonds. The maximum atomic E-state index is 6.23. The van der Waals surface area contributed by atoms with Crippen molar-refractivity contribution >= 4 is 24.2 Å². The molecular weight excluding hydrogens is 300 g/mol. The van der Waals surface area contributed by atoms with Crippen LogP contribution in [-0.2, 0) is 14.0 Å². The van der Waals surface area contributed by atoms with Gasteiger partial charge in [0.2, 0.25) is 0 Å². The second-order valence-corrected chi connectivity index (χ2v) is 7.54. The largest absolute Gasteiger partial charge is 0.495 e. The Morgan fingerprint density at radius 3 is 2.45 bits per heavy atom. The molecule has 4 nitrogen and oxygen atoms in total. The molecule has 0 aromatic carbocycles. The highest BCUT2D eigenvalue weighted by Crippen LogP contribution is 2.36. The molecule has 1 unspecified atom stereocenters. The highest BCUT2D eigenvalue weighted by Gasteiger charge is 2.51. The van der Waals surface area contributed by atoms with Gasteiger partial charge in [0.25, 0.3) is 0 Å². The molecule has 1 atom stereocenters. The van der Waals surface area contributed by atoms with Gasteiger partial charge in [0.15, 0.2) is 0 Å². The molecule has 0 spiro atoms. The number of hydrogen-bond donors (Lipinski definition) is 0. The average molecular weight is 324 g/mol. The molecule has 2 aliphatic heterocycles. The molecule has 0 saturated carbocycles. The molecule has 2 saturated heterocycles. The second kappa shape index (κ2) is 5.79. The summed E-state index contributed by atoms with van der Waals surface area (Å²) in [5.41, 5.74) is 1.18. The standard InChI is InChI=1S/C16H23BClNO3/c1-15(2)16(3,4)22-17(21-15)12-8-13(19-14(18)9-12)11-6-5-7-20-10-11/h8-9,11H,5-7,10H2,1-4H3. The first-order valence-electron chi connectivity index (χ1n) is 7.89. The minimum absolute atomic E-state index is 0.300. The van der Waals surface area contributed by atoms with Crippen molar-refractivity contribution in [3.8, 4) is 0 Å². The summed E-state index contributed by atoms with van der Waals surface area (Å²) in [7, 11) is -0.409. The lowest BCUT2D eigenvalue weighted by Crippen LogP contribution is -2.41. The predicted octanol–water partition coefficient (Wildman–Crippen LogP) is 2.93. The van der Waals surface area contributed by atoms with Gasteiger partial charge >= 0.3 is 7.12 Å². The minimum atomic E-state index is -0.409. The molecule has 1 aromatic rings. The summed E-state index contributed by atoms with van der Waals surface area (Å²) in [6.45, 7) is 9.73. The van der Waals surface area contributed by atoms with Crippen molar-refractivity contribution in [3.05, 3.63) is 23.0 Å². The van der Waals surface area contributed by atoms with E-state index in [9.17, 15) is 0 Å². The first-order valence-corrected chi connectivity index (χ1v) is 8.27. The van der Waals surface area contributed by atoms with E-state index in [1.807, 2.05) is 39.8 Å². The van der Waals surface area contributed by atoms with Crippen LogP contribution in [-0.4, -0.2) is 36.5 Å². The van der Waals surface area contributed by atoms with Gasteiger partial charge in [-0.25, -0.2) is 4.98 Å². The SMILES string of the molecule is CC1(C)OB(c2cc(Cl)nc(C3CCCOC3)c2)OC1(C)C. The van der Waals surface area contributed by atoms with Gasteiger partial charge in [-0.2, -0.15) is 0 Å². The third kappa shape index (κ3) is 3.05. The Morgan fingerprint density at radius 1 is 1.18 bits per heavy atom. The third-order valence-electron chi connectivity index (χ3n) is 4.94. The average Bonchev–Trinajstić information content (AvgIpc) is 2.68. The lowest BCUT2D eigenvalue weighted by atomic mass is 9.78. The smallest absolute Gasteiger partial charge is 0.399 e. The fourth-order valence-electron chi connectivity index (χ4n) is 2.84. The molecule has 0 aliphatic carbocycles. The summed E-state index contributed by atoms with van der Waals surface area (Å²) < 4.78 is 17.8. The third-order valence-corrected chi connectivity index (χ3v) is 5.13. The minimum Gasteiger partial charge on any atom is -0.399 e. The van der Waals surface area contributed by atoms with Crippen LogP contribution >= 0.6 is 11.6 Å². The van der Waals surface area contributed by atoms with Crippen LogP contribution in [0.25, 0.3) is 0 Å². The Balaban J connectivity index is 1.87. The number of nitrogens with zero attached hydrogens (tertiary/aromatic N) is 1. The lowest BCUT2D eigenvalue weighted by Gasteiger charge is -2.32. The van der Waals surface area contributed by atoms with Crippen LogP contribution in [0.3, 0.4) is 0 Å². The summed E-state index contributed by atoms with van der Waals surface area (Å²) >= 11 is 6.23. The van der Waals surface area contributed by atoms with Crippen LogP contribution in [0.4, 0.5) is 0 Å². The van der Waals surface area contributed by atoms with Crippen LogP contribution in [0.15, 0.2) is 12.1 Å². The molecule has 1 aromatic heterocycles. The zero-order chi connectivity index (χ0) is 16.0. The zero-order valence-corrected chi connectivity index (χ0v) is 14.4. The maximum Gasteiger partial charge on any atom is 0.495 e. The molecule has 3 rings (SSSR count). The van der Waals surface area contributed by atoms with Crippen LogP contribution in [0, 0.1) is 0 Å². The van der Waals surface area contributed by atoms with E-state index in [-0.39, 0.29) is 11.2 Å². The predicted molar refractivity (Wildman–Crippen MR) is 87.8 cm³/mol. The van der Waals surface area contributed by atoms with E-state index in [0.717, 1.165) is 30.6 Å². The number of hydrogen-bond acceptors (Lipinski definition) is 4. The summed E-state index contributed by atoms with van der Waals surface area (Å²) in [6, 6.07) is 3.88. The van der Waals surface area contributed by atoms with Gasteiger partial charge in [-0.1, -0.05) is 11.6 Å². The Morgan fingerprint density at radius 2 is 1.86 bits per heavy atom. The van der Waals surface area contributed by atoms with Gasteiger partial charge in [-0.15, -0.1) is 0 Å². The molecule has 0 radical (unpaired) electrons. The Kier molecular flexibility index (Phi) is 4.27. The molecule has 2 fully saturated rings. The van der Waals surface area contributed by atoms with Crippen molar-refractivity contribution in [2.75, 3.05) is 13.2 Å². The molecule has 6 heteroatoms. The first-order chi connectivity index (χ1) is 10.3. The number of aromatic nitrogens is 1. The van der Waals surface area contributed by atoms with Crippen LogP contribution in [0.5, 0.6) is 0 Å². The molecule has 0 bridgehead atoms. The molecule has 3 heterocycles. The van der Waals surface area contributed by atoms with E-state index in [4.69, 9.17) is 25.6 Å². The Bertz CT molecular complexity index is 542. The van der Waals surface area contributed by atoms with Crippen molar-refractivity contribution in [3.63, 3.8) is 0 Å². The van der Waals surface area contributed by atoms with Crippen molar-refractivity contribution in [1.29, 1.82) is 0 Å². The summed E-state index contributed by atoms with van der Waals surface area (Å²) in [5.74, 6) is 0.300. The van der Waals surface area contributed by atoms with Crippen LogP contribution in [0.1, 0.15) is 52.1 Å². The van der Waals surface area contributed by atoms with Gasteiger partial charge in [0.05, 0.1) is 17.8 Å². The Labute approximate surface area is 137 Å². The van der Waals surface area contributed by atoms with E-state index < -0.39 is 7.12 Å². The number of halogens is 1. The summed E-state index contributed by atoms with van der Waals surface area (Å²) in [4.78, 5) is 4.48. The molecule has 0 N–H and O–H groups in total. The normalized spacial score (nSPS) is 27.1. The van der Waals surface area contributed by atoms with Gasteiger partial charge in [0.1, 0.15) is 5.15 Å². The fourth-order valence-corrected chi connectivity index (χ4v) is 3.06. The highest BCUT2D eigenvalue weighted by molar-refractivity contribution is 6.62. The van der Waals surface area contributed by atoms with E-state index in [0.29, 0.717) is 17.7 Å². The number of pyridine rings is 1. The van der Waals surface area contributed by atoms with Gasteiger partial charge in [-0.3, -0.25) is 0 Å². The van der Waals surface area contributed by atoms with Gasteiger partial charge < -0.3 is 14.0 Å². The van der Waals surface area contributed by atoms with Gasteiger partial charge in [-0.05, 0) is 58.1 Å². The van der Waals surface area contributed by atoms with Crippen molar-refractivity contribution in [2.45, 2.75) is 57.7 Å². The summed E-state index contributed by atoms with van der Waals surface area (Å²) in [6.07, 6.45) is 2.14. The molecular formula is C16H23BClNO3. The van der Waals surface area contributed by atoms with Crippen molar-refractivity contribution in [2.24, 2.45) is 0 Å². The first kappa shape index (κ1) is 16.3. The monoisotopic (exact) mass is 323 g/mol. The fraction of sp³-hybridized carbons (Fsp3) is 0.688. The highest BCUT2D eigenvalue weighted by atomic mass is 35.5. The van der Waals surface area contributed by atoms with Crippen LogP contribution < -0.4 is 5.46 Å². The van der Waals surface area contributed by atoms with Crippen molar-refractivity contribution in [1.82, 2.24) is 4.98 Å². The second-order valence-electron chi connectivity index (χ2n) is 7.15. The van der Waals surface area contributed by atoms with Crippen LogP contribution in [0.2, 0.25) is 5.15 Å². The molecule has 120 valence electrons. The number of rotatable bonds is 2. The van der Waals surface area contributed by atoms with Gasteiger partial charge in [0, 0.05) is 18.2 Å². The van der Waals surface area contributed by atoms with Crippen molar-refractivity contribution < 1.29 is 14.0 Å². The van der Waals surface area contributed by atoms with E-state index >= 15 is 0 Å². The number of ether oxygens (including phenoxy) is 1. The van der Waals surface area contributed by atoms with E-state index in [2.05, 4.69) is 4.98 Å². The molecule has 22 heavy (non-hydrogen) atoms. The molecule has 2 aliphatic rings. The quantitative estimate of drug-likeness (QED) is 0.620. The Hall–Kier alpha value is -0.615. The van der Waals surface area contributed by atoms with E-state index in [1.165, 1.54) is 0 Å².